The van der Waals surface area contributed by atoms with Crippen molar-refractivity contribution in [2.45, 2.75) is 59.2 Å². The maximum atomic E-state index is 13.5. The fraction of sp³-hybridized carbons (Fsp3) is 0.833. The van der Waals surface area contributed by atoms with Crippen molar-refractivity contribution >= 4 is 0 Å². The molecular formula is C12H18F5N3. The number of halogens is 5. The average molecular weight is 299 g/mol. The number of nitrogens with zero attached hydrogens (tertiary/aromatic N) is 3. The predicted molar refractivity (Wildman–Crippen MR) is 63.4 cm³/mol. The third kappa shape index (κ3) is 3.46. The van der Waals surface area contributed by atoms with Crippen LogP contribution in [0.5, 0.6) is 0 Å². The molecule has 1 aromatic heterocycles. The molecular weight excluding hydrogens is 281 g/mol. The fourth-order valence-electron chi connectivity index (χ4n) is 1.78. The molecule has 0 saturated carbocycles. The second kappa shape index (κ2) is 5.29. The van der Waals surface area contributed by atoms with Crippen LogP contribution in [0.4, 0.5) is 22.0 Å². The zero-order chi connectivity index (χ0) is 15.8. The summed E-state index contributed by atoms with van der Waals surface area (Å²) in [7, 11) is 0. The molecule has 0 atom stereocenters. The molecule has 0 aromatic carbocycles. The molecule has 0 aliphatic rings. The molecule has 3 nitrogen and oxygen atoms in total. The van der Waals surface area contributed by atoms with E-state index in [4.69, 9.17) is 0 Å². The van der Waals surface area contributed by atoms with Crippen molar-refractivity contribution < 1.29 is 22.0 Å². The zero-order valence-corrected chi connectivity index (χ0v) is 11.9. The highest BCUT2D eigenvalue weighted by molar-refractivity contribution is 5.19. The van der Waals surface area contributed by atoms with Crippen LogP contribution in [0.1, 0.15) is 45.5 Å². The third-order valence-electron chi connectivity index (χ3n) is 2.62. The summed E-state index contributed by atoms with van der Waals surface area (Å²) in [5.74, 6) is -4.99. The van der Waals surface area contributed by atoms with E-state index in [-0.39, 0.29) is 18.7 Å². The van der Waals surface area contributed by atoms with E-state index in [0.717, 1.165) is 4.68 Å². The minimum absolute atomic E-state index is 0.0427. The van der Waals surface area contributed by atoms with Crippen LogP contribution in [0.3, 0.4) is 0 Å². The lowest BCUT2D eigenvalue weighted by Crippen LogP contribution is -2.35. The van der Waals surface area contributed by atoms with Crippen molar-refractivity contribution in [1.29, 1.82) is 0 Å². The molecule has 0 fully saturated rings. The van der Waals surface area contributed by atoms with Crippen LogP contribution in [0.25, 0.3) is 0 Å². The first-order valence-electron chi connectivity index (χ1n) is 6.27. The van der Waals surface area contributed by atoms with Crippen LogP contribution in [0, 0.1) is 5.41 Å². The quantitative estimate of drug-likeness (QED) is 0.789. The first-order chi connectivity index (χ1) is 8.90. The Kier molecular flexibility index (Phi) is 4.46. The van der Waals surface area contributed by atoms with Gasteiger partial charge in [0.2, 0.25) is 0 Å². The Morgan fingerprint density at radius 1 is 1.05 bits per heavy atom. The normalized spacial score (nSPS) is 13.8. The monoisotopic (exact) mass is 299 g/mol. The highest BCUT2D eigenvalue weighted by atomic mass is 19.4. The molecule has 1 aromatic rings. The molecule has 1 rings (SSSR count). The van der Waals surface area contributed by atoms with Crippen molar-refractivity contribution in [2.24, 2.45) is 5.41 Å². The van der Waals surface area contributed by atoms with Crippen LogP contribution in [0.15, 0.2) is 0 Å². The van der Waals surface area contributed by atoms with Crippen molar-refractivity contribution in [3.8, 4) is 0 Å². The van der Waals surface area contributed by atoms with Crippen LogP contribution in [-0.2, 0) is 18.9 Å². The summed E-state index contributed by atoms with van der Waals surface area (Å²) in [6.45, 7) is 7.31. The van der Waals surface area contributed by atoms with Crippen LogP contribution in [-0.4, -0.2) is 21.2 Å². The molecule has 1 heterocycles. The smallest absolute Gasteiger partial charge is 0.249 e. The topological polar surface area (TPSA) is 30.7 Å². The lowest BCUT2D eigenvalue weighted by atomic mass is 9.89. The maximum Gasteiger partial charge on any atom is 0.459 e. The molecule has 0 saturated heterocycles. The Hall–Kier alpha value is -1.21. The number of alkyl halides is 5. The van der Waals surface area contributed by atoms with Gasteiger partial charge in [-0.05, 0) is 18.3 Å². The summed E-state index contributed by atoms with van der Waals surface area (Å²) in [4.78, 5) is 0. The Balaban J connectivity index is 3.34. The van der Waals surface area contributed by atoms with Gasteiger partial charge in [-0.1, -0.05) is 32.9 Å². The molecule has 0 radical (unpaired) electrons. The Morgan fingerprint density at radius 3 is 2.00 bits per heavy atom. The molecule has 0 N–H and O–H groups in total. The van der Waals surface area contributed by atoms with Gasteiger partial charge in [-0.25, -0.2) is 4.68 Å². The van der Waals surface area contributed by atoms with Gasteiger partial charge in [-0.3, -0.25) is 0 Å². The summed E-state index contributed by atoms with van der Waals surface area (Å²) >= 11 is 0. The molecule has 0 unspecified atom stereocenters. The van der Waals surface area contributed by atoms with Crippen molar-refractivity contribution in [2.75, 3.05) is 0 Å². The molecule has 20 heavy (non-hydrogen) atoms. The summed E-state index contributed by atoms with van der Waals surface area (Å²) in [5.41, 5.74) is -1.89. The third-order valence-corrected chi connectivity index (χ3v) is 2.62. The van der Waals surface area contributed by atoms with Gasteiger partial charge in [0, 0.05) is 6.54 Å². The van der Waals surface area contributed by atoms with E-state index in [1.54, 1.807) is 27.7 Å². The molecule has 116 valence electrons. The van der Waals surface area contributed by atoms with Crippen molar-refractivity contribution in [3.05, 3.63) is 11.4 Å². The summed E-state index contributed by atoms with van der Waals surface area (Å²) in [6.07, 6.45) is -5.06. The highest BCUT2D eigenvalue weighted by Gasteiger charge is 2.62. The fourth-order valence-corrected chi connectivity index (χ4v) is 1.78. The van der Waals surface area contributed by atoms with Gasteiger partial charge in [0.1, 0.15) is 0 Å². The first-order valence-corrected chi connectivity index (χ1v) is 6.27. The van der Waals surface area contributed by atoms with Gasteiger partial charge in [0.15, 0.2) is 5.69 Å². The van der Waals surface area contributed by atoms with E-state index >= 15 is 0 Å². The maximum absolute atomic E-state index is 13.5. The number of rotatable bonds is 4. The minimum Gasteiger partial charge on any atom is -0.249 e. The molecule has 8 heteroatoms. The zero-order valence-electron chi connectivity index (χ0n) is 11.9. The number of hydrogen-bond acceptors (Lipinski definition) is 2. The van der Waals surface area contributed by atoms with Crippen molar-refractivity contribution in [1.82, 2.24) is 15.0 Å². The second-order valence-corrected chi connectivity index (χ2v) is 5.92. The average Bonchev–Trinajstić information content (AvgIpc) is 2.58. The Morgan fingerprint density at radius 2 is 1.60 bits per heavy atom. The predicted octanol–water partition coefficient (Wildman–Crippen LogP) is 3.93. The van der Waals surface area contributed by atoms with Crippen LogP contribution >= 0.6 is 0 Å². The lowest BCUT2D eigenvalue weighted by Gasteiger charge is -2.23. The van der Waals surface area contributed by atoms with Gasteiger partial charge >= 0.3 is 12.1 Å². The van der Waals surface area contributed by atoms with E-state index in [9.17, 15) is 22.0 Å². The van der Waals surface area contributed by atoms with E-state index in [2.05, 4.69) is 10.3 Å². The molecule has 0 bridgehead atoms. The molecule has 0 aliphatic heterocycles. The van der Waals surface area contributed by atoms with E-state index < -0.39 is 23.2 Å². The molecule has 0 amide bonds. The van der Waals surface area contributed by atoms with Crippen LogP contribution in [0.2, 0.25) is 0 Å². The molecule has 0 aliphatic carbocycles. The molecule has 0 spiro atoms. The number of aryl methyl sites for hydroxylation is 1. The minimum atomic E-state index is -5.67. The van der Waals surface area contributed by atoms with Gasteiger partial charge in [0.25, 0.3) is 0 Å². The number of hydrogen-bond donors (Lipinski definition) is 0. The highest BCUT2D eigenvalue weighted by Crippen LogP contribution is 2.44. The Labute approximate surface area is 114 Å². The van der Waals surface area contributed by atoms with Gasteiger partial charge < -0.3 is 0 Å². The second-order valence-electron chi connectivity index (χ2n) is 5.92. The Bertz CT molecular complexity index is 457. The first kappa shape index (κ1) is 16.8. The van der Waals surface area contributed by atoms with Gasteiger partial charge in [-0.15, -0.1) is 5.10 Å². The van der Waals surface area contributed by atoms with E-state index in [1.807, 2.05) is 0 Å². The van der Waals surface area contributed by atoms with E-state index in [0.29, 0.717) is 6.42 Å². The van der Waals surface area contributed by atoms with Gasteiger partial charge in [0.05, 0.1) is 5.69 Å². The number of aromatic nitrogens is 3. The SMILES string of the molecule is CCCn1nnc(C(F)(F)C(F)(F)F)c1CC(C)(C)C. The summed E-state index contributed by atoms with van der Waals surface area (Å²) in [6, 6.07) is 0. The van der Waals surface area contributed by atoms with E-state index in [1.165, 1.54) is 0 Å². The van der Waals surface area contributed by atoms with Gasteiger partial charge in [-0.2, -0.15) is 22.0 Å². The largest absolute Gasteiger partial charge is 0.459 e. The summed E-state index contributed by atoms with van der Waals surface area (Å²) < 4.78 is 65.7. The standard InChI is InChI=1S/C12H18F5N3/c1-5-6-20-8(7-10(2,3)4)9(18-19-20)11(13,14)12(15,16)17/h5-7H2,1-4H3. The van der Waals surface area contributed by atoms with Crippen molar-refractivity contribution in [3.63, 3.8) is 0 Å². The summed E-state index contributed by atoms with van der Waals surface area (Å²) in [5, 5.41) is 6.56. The lowest BCUT2D eigenvalue weighted by molar-refractivity contribution is -0.291. The van der Waals surface area contributed by atoms with Crippen LogP contribution < -0.4 is 0 Å².